The number of hydrogen-bond acceptors (Lipinski definition) is 5. The average Bonchev–Trinajstić information content (AvgIpc) is 2.37. The molecule has 1 aliphatic rings. The van der Waals surface area contributed by atoms with Gasteiger partial charge in [-0.3, -0.25) is 14.3 Å². The molecular formula is C13H22N4O3. The summed E-state index contributed by atoms with van der Waals surface area (Å²) in [6.07, 6.45) is 4.09. The Kier molecular flexibility index (Phi) is 4.17. The summed E-state index contributed by atoms with van der Waals surface area (Å²) in [7, 11) is 1.55. The summed E-state index contributed by atoms with van der Waals surface area (Å²) in [5.74, 6) is 0.176. The molecule has 1 aliphatic carbocycles. The second kappa shape index (κ2) is 5.70. The molecule has 1 aromatic heterocycles. The molecule has 0 unspecified atom stereocenters. The molecule has 0 saturated heterocycles. The summed E-state index contributed by atoms with van der Waals surface area (Å²) in [5.41, 5.74) is 5.26. The molecule has 1 fully saturated rings. The van der Waals surface area contributed by atoms with Crippen LogP contribution in [-0.4, -0.2) is 28.8 Å². The first-order valence-corrected chi connectivity index (χ1v) is 6.93. The van der Waals surface area contributed by atoms with Crippen molar-refractivity contribution in [3.8, 4) is 0 Å². The van der Waals surface area contributed by atoms with Gasteiger partial charge in [-0.15, -0.1) is 0 Å². The third kappa shape index (κ3) is 2.58. The van der Waals surface area contributed by atoms with Gasteiger partial charge in [-0.25, -0.2) is 4.79 Å². The fourth-order valence-corrected chi connectivity index (χ4v) is 2.55. The molecule has 4 N–H and O–H groups in total. The van der Waals surface area contributed by atoms with Gasteiger partial charge in [0.25, 0.3) is 5.56 Å². The monoisotopic (exact) mass is 282 g/mol. The van der Waals surface area contributed by atoms with Crippen LogP contribution in [0.5, 0.6) is 0 Å². The van der Waals surface area contributed by atoms with Gasteiger partial charge >= 0.3 is 5.69 Å². The third-order valence-electron chi connectivity index (χ3n) is 4.14. The minimum atomic E-state index is -0.505. The highest BCUT2D eigenvalue weighted by Crippen LogP contribution is 2.38. The van der Waals surface area contributed by atoms with Crippen molar-refractivity contribution in [3.05, 3.63) is 20.8 Å². The van der Waals surface area contributed by atoms with E-state index in [0.29, 0.717) is 18.8 Å². The molecule has 0 aliphatic heterocycles. The second-order valence-electron chi connectivity index (χ2n) is 5.28. The predicted octanol–water partition coefficient (Wildman–Crippen LogP) is 0.510. The summed E-state index contributed by atoms with van der Waals surface area (Å²) >= 11 is 0. The summed E-state index contributed by atoms with van der Waals surface area (Å²) in [4.78, 5) is 26.1. The van der Waals surface area contributed by atoms with Crippen molar-refractivity contribution >= 4 is 11.5 Å². The van der Waals surface area contributed by atoms with Gasteiger partial charge in [-0.1, -0.05) is 6.92 Å². The van der Waals surface area contributed by atoms with E-state index in [1.165, 1.54) is 4.57 Å². The van der Waals surface area contributed by atoms with Crippen LogP contribution in [0.15, 0.2) is 9.59 Å². The summed E-state index contributed by atoms with van der Waals surface area (Å²) in [6.45, 7) is 2.75. The van der Waals surface area contributed by atoms with Crippen molar-refractivity contribution in [1.29, 1.82) is 0 Å². The van der Waals surface area contributed by atoms with E-state index >= 15 is 0 Å². The molecule has 2 rings (SSSR count). The zero-order valence-corrected chi connectivity index (χ0v) is 12.0. The standard InChI is InChI=1S/C13H22N4O3/c1-3-13(5-4-6-13)16-9-10(14)17(7-8-20-2)12(19)15-11(9)18/h16H,3-8,14H2,1-2H3,(H,15,18,19). The highest BCUT2D eigenvalue weighted by molar-refractivity contribution is 5.62. The lowest BCUT2D eigenvalue weighted by molar-refractivity contribution is 0.186. The molecule has 1 saturated carbocycles. The number of nitrogens with two attached hydrogens (primary N) is 1. The average molecular weight is 282 g/mol. The Bertz CT molecular complexity index is 581. The maximum absolute atomic E-state index is 12.0. The smallest absolute Gasteiger partial charge is 0.330 e. The van der Waals surface area contributed by atoms with E-state index in [1.807, 2.05) is 0 Å². The van der Waals surface area contributed by atoms with Crippen molar-refractivity contribution in [2.24, 2.45) is 0 Å². The Morgan fingerprint density at radius 2 is 2.15 bits per heavy atom. The Labute approximate surface area is 117 Å². The number of aromatic nitrogens is 2. The van der Waals surface area contributed by atoms with E-state index in [4.69, 9.17) is 10.5 Å². The minimum Gasteiger partial charge on any atom is -0.383 e. The molecule has 0 aromatic carbocycles. The summed E-state index contributed by atoms with van der Waals surface area (Å²) in [5, 5.41) is 3.25. The lowest BCUT2D eigenvalue weighted by atomic mass is 9.75. The van der Waals surface area contributed by atoms with Crippen LogP contribution in [0.1, 0.15) is 32.6 Å². The second-order valence-corrected chi connectivity index (χ2v) is 5.28. The van der Waals surface area contributed by atoms with Crippen molar-refractivity contribution in [2.45, 2.75) is 44.7 Å². The summed E-state index contributed by atoms with van der Waals surface area (Å²) < 4.78 is 6.28. The number of nitrogens with zero attached hydrogens (tertiary/aromatic N) is 1. The van der Waals surface area contributed by atoms with E-state index in [2.05, 4.69) is 17.2 Å². The van der Waals surface area contributed by atoms with Gasteiger partial charge in [0, 0.05) is 12.6 Å². The van der Waals surface area contributed by atoms with E-state index in [0.717, 1.165) is 25.7 Å². The number of aromatic amines is 1. The van der Waals surface area contributed by atoms with Crippen LogP contribution in [0.3, 0.4) is 0 Å². The fourth-order valence-electron chi connectivity index (χ4n) is 2.55. The van der Waals surface area contributed by atoms with Crippen molar-refractivity contribution in [2.75, 3.05) is 24.8 Å². The molecule has 0 spiro atoms. The molecule has 0 bridgehead atoms. The molecule has 1 heterocycles. The Balaban J connectivity index is 2.37. The van der Waals surface area contributed by atoms with E-state index in [1.54, 1.807) is 7.11 Å². The van der Waals surface area contributed by atoms with Crippen molar-refractivity contribution in [1.82, 2.24) is 9.55 Å². The van der Waals surface area contributed by atoms with Crippen LogP contribution in [-0.2, 0) is 11.3 Å². The highest BCUT2D eigenvalue weighted by Gasteiger charge is 2.36. The number of methoxy groups -OCH3 is 1. The predicted molar refractivity (Wildman–Crippen MR) is 78.1 cm³/mol. The number of nitrogens with one attached hydrogen (secondary N) is 2. The first kappa shape index (κ1) is 14.6. The Morgan fingerprint density at radius 3 is 2.65 bits per heavy atom. The Morgan fingerprint density at radius 1 is 1.45 bits per heavy atom. The zero-order valence-electron chi connectivity index (χ0n) is 12.0. The molecule has 7 nitrogen and oxygen atoms in total. The first-order chi connectivity index (χ1) is 9.53. The van der Waals surface area contributed by atoms with Crippen LogP contribution in [0.25, 0.3) is 0 Å². The van der Waals surface area contributed by atoms with Gasteiger partial charge < -0.3 is 15.8 Å². The molecular weight excluding hydrogens is 260 g/mol. The summed E-state index contributed by atoms with van der Waals surface area (Å²) in [6, 6.07) is 0. The molecule has 0 radical (unpaired) electrons. The van der Waals surface area contributed by atoms with Crippen LogP contribution in [0.4, 0.5) is 11.5 Å². The largest absolute Gasteiger partial charge is 0.383 e. The zero-order chi connectivity index (χ0) is 14.8. The van der Waals surface area contributed by atoms with Gasteiger partial charge in [0.05, 0.1) is 13.2 Å². The SMILES string of the molecule is CCC1(Nc2c(N)n(CCOC)c(=O)[nH]c2=O)CCC1. The van der Waals surface area contributed by atoms with E-state index < -0.39 is 11.2 Å². The normalized spacial score (nSPS) is 16.7. The molecule has 0 amide bonds. The van der Waals surface area contributed by atoms with Gasteiger partial charge in [0.15, 0.2) is 0 Å². The number of rotatable bonds is 6. The van der Waals surface area contributed by atoms with Gasteiger partial charge in [-0.05, 0) is 25.7 Å². The quantitative estimate of drug-likeness (QED) is 0.705. The van der Waals surface area contributed by atoms with Gasteiger partial charge in [0.2, 0.25) is 0 Å². The lowest BCUT2D eigenvalue weighted by Crippen LogP contribution is -2.47. The maximum Gasteiger partial charge on any atom is 0.330 e. The highest BCUT2D eigenvalue weighted by atomic mass is 16.5. The third-order valence-corrected chi connectivity index (χ3v) is 4.14. The van der Waals surface area contributed by atoms with Crippen molar-refractivity contribution in [3.63, 3.8) is 0 Å². The topological polar surface area (TPSA) is 102 Å². The van der Waals surface area contributed by atoms with Gasteiger partial charge in [0.1, 0.15) is 11.5 Å². The molecule has 0 atom stereocenters. The molecule has 20 heavy (non-hydrogen) atoms. The van der Waals surface area contributed by atoms with E-state index in [-0.39, 0.29) is 11.4 Å². The van der Waals surface area contributed by atoms with E-state index in [9.17, 15) is 9.59 Å². The number of nitrogen functional groups attached to an aromatic ring is 1. The molecule has 112 valence electrons. The number of ether oxygens (including phenoxy) is 1. The van der Waals surface area contributed by atoms with Crippen molar-refractivity contribution < 1.29 is 4.74 Å². The number of H-pyrrole nitrogens is 1. The van der Waals surface area contributed by atoms with Gasteiger partial charge in [-0.2, -0.15) is 0 Å². The van der Waals surface area contributed by atoms with Crippen LogP contribution < -0.4 is 22.3 Å². The molecule has 1 aromatic rings. The first-order valence-electron chi connectivity index (χ1n) is 6.93. The van der Waals surface area contributed by atoms with Crippen LogP contribution in [0.2, 0.25) is 0 Å². The fraction of sp³-hybridized carbons (Fsp3) is 0.692. The minimum absolute atomic E-state index is 0.0649. The number of hydrogen-bond donors (Lipinski definition) is 3. The Hall–Kier alpha value is -1.76. The number of anilines is 2. The lowest BCUT2D eigenvalue weighted by Gasteiger charge is -2.42. The van der Waals surface area contributed by atoms with Crippen LogP contribution in [0, 0.1) is 0 Å². The molecule has 7 heteroatoms. The van der Waals surface area contributed by atoms with Crippen LogP contribution >= 0.6 is 0 Å². The maximum atomic E-state index is 12.0.